The number of nitrogens with zero attached hydrogens (tertiary/aromatic N) is 1. The van der Waals surface area contributed by atoms with Gasteiger partial charge in [0.15, 0.2) is 0 Å². The lowest BCUT2D eigenvalue weighted by atomic mass is 10.1. The van der Waals surface area contributed by atoms with Gasteiger partial charge in [0.05, 0.1) is 5.75 Å². The van der Waals surface area contributed by atoms with Crippen LogP contribution >= 0.6 is 0 Å². The second-order valence-electron chi connectivity index (χ2n) is 3.94. The van der Waals surface area contributed by atoms with Crippen LogP contribution in [0.5, 0.6) is 0 Å². The lowest BCUT2D eigenvalue weighted by molar-refractivity contribution is 0.562. The maximum absolute atomic E-state index is 11.3. The van der Waals surface area contributed by atoms with Gasteiger partial charge in [0, 0.05) is 24.2 Å². The standard InChI is InChI=1S/C11H18N2O2S/c1-4-12-11(8-16(3,14)15)10-6-5-9(2)13-7-10/h5-7,11-12H,4,8H2,1-3H3. The van der Waals surface area contributed by atoms with E-state index in [0.29, 0.717) is 0 Å². The van der Waals surface area contributed by atoms with Gasteiger partial charge in [-0.3, -0.25) is 4.98 Å². The van der Waals surface area contributed by atoms with Gasteiger partial charge in [0.2, 0.25) is 0 Å². The molecule has 90 valence electrons. The van der Waals surface area contributed by atoms with Crippen molar-refractivity contribution in [2.45, 2.75) is 19.9 Å². The van der Waals surface area contributed by atoms with E-state index in [2.05, 4.69) is 10.3 Å². The largest absolute Gasteiger partial charge is 0.309 e. The summed E-state index contributed by atoms with van der Waals surface area (Å²) in [7, 11) is -2.99. The van der Waals surface area contributed by atoms with Crippen LogP contribution in [0, 0.1) is 6.92 Å². The van der Waals surface area contributed by atoms with E-state index in [0.717, 1.165) is 17.8 Å². The summed E-state index contributed by atoms with van der Waals surface area (Å²) in [5.74, 6) is 0.103. The number of hydrogen-bond acceptors (Lipinski definition) is 4. The summed E-state index contributed by atoms with van der Waals surface area (Å²) >= 11 is 0. The van der Waals surface area contributed by atoms with E-state index < -0.39 is 9.84 Å². The number of aryl methyl sites for hydroxylation is 1. The Kier molecular flexibility index (Phi) is 4.44. The zero-order valence-electron chi connectivity index (χ0n) is 9.90. The van der Waals surface area contributed by atoms with E-state index in [9.17, 15) is 8.42 Å². The molecule has 1 atom stereocenters. The van der Waals surface area contributed by atoms with Crippen LogP contribution in [0.25, 0.3) is 0 Å². The van der Waals surface area contributed by atoms with Gasteiger partial charge in [-0.25, -0.2) is 8.42 Å². The molecule has 16 heavy (non-hydrogen) atoms. The van der Waals surface area contributed by atoms with E-state index in [-0.39, 0.29) is 11.8 Å². The molecule has 0 aliphatic heterocycles. The van der Waals surface area contributed by atoms with E-state index in [4.69, 9.17) is 0 Å². The highest BCUT2D eigenvalue weighted by atomic mass is 32.2. The van der Waals surface area contributed by atoms with E-state index in [1.54, 1.807) is 6.20 Å². The van der Waals surface area contributed by atoms with Crippen LogP contribution in [0.2, 0.25) is 0 Å². The van der Waals surface area contributed by atoms with Crippen LogP contribution in [-0.2, 0) is 9.84 Å². The van der Waals surface area contributed by atoms with Crippen molar-refractivity contribution in [2.75, 3.05) is 18.6 Å². The van der Waals surface area contributed by atoms with E-state index >= 15 is 0 Å². The number of rotatable bonds is 5. The fourth-order valence-corrected chi connectivity index (χ4v) is 2.42. The Hall–Kier alpha value is -0.940. The van der Waals surface area contributed by atoms with Crippen LogP contribution in [0.4, 0.5) is 0 Å². The number of nitrogens with one attached hydrogen (secondary N) is 1. The van der Waals surface area contributed by atoms with Gasteiger partial charge in [-0.1, -0.05) is 13.0 Å². The first-order valence-electron chi connectivity index (χ1n) is 5.26. The Morgan fingerprint density at radius 2 is 2.12 bits per heavy atom. The van der Waals surface area contributed by atoms with Crippen molar-refractivity contribution in [3.05, 3.63) is 29.6 Å². The molecule has 1 N–H and O–H groups in total. The van der Waals surface area contributed by atoms with Gasteiger partial charge >= 0.3 is 0 Å². The molecule has 0 bridgehead atoms. The molecule has 4 nitrogen and oxygen atoms in total. The van der Waals surface area contributed by atoms with E-state index in [1.165, 1.54) is 6.26 Å². The highest BCUT2D eigenvalue weighted by Crippen LogP contribution is 2.14. The summed E-state index contributed by atoms with van der Waals surface area (Å²) in [4.78, 5) is 4.18. The second-order valence-corrected chi connectivity index (χ2v) is 6.12. The number of sulfone groups is 1. The summed E-state index contributed by atoms with van der Waals surface area (Å²) in [6.07, 6.45) is 2.98. The molecule has 0 spiro atoms. The van der Waals surface area contributed by atoms with Crippen molar-refractivity contribution < 1.29 is 8.42 Å². The van der Waals surface area contributed by atoms with E-state index in [1.807, 2.05) is 26.0 Å². The quantitative estimate of drug-likeness (QED) is 0.839. The fraction of sp³-hybridized carbons (Fsp3) is 0.545. The molecule has 5 heteroatoms. The minimum atomic E-state index is -2.99. The van der Waals surface area contributed by atoms with Crippen molar-refractivity contribution in [1.29, 1.82) is 0 Å². The third-order valence-corrected chi connectivity index (χ3v) is 3.20. The van der Waals surface area contributed by atoms with Crippen molar-refractivity contribution >= 4 is 9.84 Å². The Morgan fingerprint density at radius 3 is 2.56 bits per heavy atom. The average Bonchev–Trinajstić information content (AvgIpc) is 2.16. The molecule has 0 aromatic carbocycles. The fourth-order valence-electron chi connectivity index (χ4n) is 1.51. The van der Waals surface area contributed by atoms with Gasteiger partial charge < -0.3 is 5.32 Å². The topological polar surface area (TPSA) is 59.1 Å². The van der Waals surface area contributed by atoms with Crippen LogP contribution < -0.4 is 5.32 Å². The Balaban J connectivity index is 2.89. The zero-order valence-corrected chi connectivity index (χ0v) is 10.7. The summed E-state index contributed by atoms with van der Waals surface area (Å²) in [6.45, 7) is 4.59. The first kappa shape index (κ1) is 13.1. The zero-order chi connectivity index (χ0) is 12.2. The maximum Gasteiger partial charge on any atom is 0.149 e. The number of pyridine rings is 1. The second kappa shape index (κ2) is 5.41. The van der Waals surface area contributed by atoms with Crippen molar-refractivity contribution in [3.8, 4) is 0 Å². The monoisotopic (exact) mass is 242 g/mol. The average molecular weight is 242 g/mol. The smallest absolute Gasteiger partial charge is 0.149 e. The SMILES string of the molecule is CCNC(CS(C)(=O)=O)c1ccc(C)nc1. The summed E-state index contributed by atoms with van der Waals surface area (Å²) in [5, 5.41) is 3.16. The molecule has 0 amide bonds. The molecule has 0 fully saturated rings. The minimum absolute atomic E-state index is 0.103. The Morgan fingerprint density at radius 1 is 1.44 bits per heavy atom. The third-order valence-electron chi connectivity index (χ3n) is 2.26. The minimum Gasteiger partial charge on any atom is -0.309 e. The van der Waals surface area contributed by atoms with Gasteiger partial charge in [-0.15, -0.1) is 0 Å². The van der Waals surface area contributed by atoms with Gasteiger partial charge in [-0.2, -0.15) is 0 Å². The highest BCUT2D eigenvalue weighted by Gasteiger charge is 2.16. The van der Waals surface area contributed by atoms with Gasteiger partial charge in [-0.05, 0) is 25.1 Å². The lowest BCUT2D eigenvalue weighted by Crippen LogP contribution is -2.27. The molecule has 0 saturated heterocycles. The predicted molar refractivity (Wildman–Crippen MR) is 65.1 cm³/mol. The number of hydrogen-bond donors (Lipinski definition) is 1. The maximum atomic E-state index is 11.3. The molecular weight excluding hydrogens is 224 g/mol. The van der Waals surface area contributed by atoms with Crippen LogP contribution in [0.3, 0.4) is 0 Å². The van der Waals surface area contributed by atoms with Crippen molar-refractivity contribution in [3.63, 3.8) is 0 Å². The third kappa shape index (κ3) is 4.28. The Labute approximate surface area is 97.0 Å². The molecule has 0 aliphatic carbocycles. The van der Waals surface area contributed by atoms with Gasteiger partial charge in [0.1, 0.15) is 9.84 Å². The molecule has 0 radical (unpaired) electrons. The molecular formula is C11H18N2O2S. The first-order valence-corrected chi connectivity index (χ1v) is 7.32. The molecule has 1 heterocycles. The van der Waals surface area contributed by atoms with Crippen molar-refractivity contribution in [1.82, 2.24) is 10.3 Å². The molecule has 0 aliphatic rings. The molecule has 1 unspecified atom stereocenters. The lowest BCUT2D eigenvalue weighted by Gasteiger charge is -2.16. The molecule has 1 aromatic rings. The molecule has 1 aromatic heterocycles. The summed E-state index contributed by atoms with van der Waals surface area (Å²) < 4.78 is 22.6. The summed E-state index contributed by atoms with van der Waals surface area (Å²) in [5.41, 5.74) is 1.84. The number of aromatic nitrogens is 1. The summed E-state index contributed by atoms with van der Waals surface area (Å²) in [6, 6.07) is 3.64. The normalized spacial score (nSPS) is 13.7. The Bertz CT molecular complexity index is 426. The highest BCUT2D eigenvalue weighted by molar-refractivity contribution is 7.90. The van der Waals surface area contributed by atoms with Crippen LogP contribution in [-0.4, -0.2) is 32.0 Å². The van der Waals surface area contributed by atoms with Crippen molar-refractivity contribution in [2.24, 2.45) is 0 Å². The van der Waals surface area contributed by atoms with Gasteiger partial charge in [0.25, 0.3) is 0 Å². The predicted octanol–water partition coefficient (Wildman–Crippen LogP) is 1.09. The molecule has 1 rings (SSSR count). The molecule has 0 saturated carbocycles. The first-order chi connectivity index (χ1) is 7.42. The van der Waals surface area contributed by atoms with Crippen LogP contribution in [0.15, 0.2) is 18.3 Å². The van der Waals surface area contributed by atoms with Crippen LogP contribution in [0.1, 0.15) is 24.2 Å².